The lowest BCUT2D eigenvalue weighted by Crippen LogP contribution is -2.48. The van der Waals surface area contributed by atoms with Gasteiger partial charge in [-0.05, 0) is 51.8 Å². The minimum atomic E-state index is -3.28. The summed E-state index contributed by atoms with van der Waals surface area (Å²) >= 11 is 0. The van der Waals surface area contributed by atoms with Crippen molar-refractivity contribution in [1.29, 1.82) is 0 Å². The number of carbonyl (C=O) groups is 1. The van der Waals surface area contributed by atoms with Crippen LogP contribution in [0.5, 0.6) is 11.5 Å². The second-order valence-corrected chi connectivity index (χ2v) is 10.4. The van der Waals surface area contributed by atoms with Crippen molar-refractivity contribution in [3.8, 4) is 11.5 Å². The lowest BCUT2D eigenvalue weighted by molar-refractivity contribution is -0.127. The number of piperidine rings is 1. The molecule has 1 aromatic rings. The third-order valence-corrected chi connectivity index (χ3v) is 7.35. The number of carbonyl (C=O) groups excluding carboxylic acids is 1. The average Bonchev–Trinajstić information content (AvgIpc) is 2.67. The number of rotatable bonds is 5. The first-order valence-corrected chi connectivity index (χ1v) is 11.4. The van der Waals surface area contributed by atoms with Crippen molar-refractivity contribution in [2.24, 2.45) is 5.92 Å². The second kappa shape index (κ2) is 7.91. The first kappa shape index (κ1) is 20.9. The van der Waals surface area contributed by atoms with Gasteiger partial charge in [-0.3, -0.25) is 4.79 Å². The van der Waals surface area contributed by atoms with Crippen molar-refractivity contribution in [2.75, 3.05) is 26.0 Å². The molecule has 0 aliphatic carbocycles. The van der Waals surface area contributed by atoms with Gasteiger partial charge in [-0.15, -0.1) is 0 Å². The van der Waals surface area contributed by atoms with Gasteiger partial charge in [0, 0.05) is 25.1 Å². The van der Waals surface area contributed by atoms with Gasteiger partial charge in [-0.2, -0.15) is 0 Å². The Morgan fingerprint density at radius 1 is 1.39 bits per heavy atom. The number of ether oxygens (including phenoxy) is 2. The summed E-state index contributed by atoms with van der Waals surface area (Å²) in [6, 6.07) is 5.39. The molecular formula is C20H30N2O5S. The monoisotopic (exact) mass is 410 g/mol. The van der Waals surface area contributed by atoms with Crippen LogP contribution in [0.1, 0.15) is 51.6 Å². The van der Waals surface area contributed by atoms with Crippen LogP contribution >= 0.6 is 0 Å². The fourth-order valence-corrected chi connectivity index (χ4v) is 5.15. The Morgan fingerprint density at radius 2 is 2.14 bits per heavy atom. The van der Waals surface area contributed by atoms with E-state index in [0.29, 0.717) is 31.6 Å². The zero-order valence-electron chi connectivity index (χ0n) is 17.0. The molecular weight excluding hydrogens is 380 g/mol. The Bertz CT molecular complexity index is 837. The van der Waals surface area contributed by atoms with Crippen LogP contribution in [0, 0.1) is 5.92 Å². The molecule has 2 aliphatic heterocycles. The maximum atomic E-state index is 13.0. The molecule has 1 amide bonds. The molecule has 2 unspecified atom stereocenters. The SMILES string of the molecule is CCS(=O)(=O)N1CCCC(C(=O)NC2CC(C)(C)Oc3ccc(OC)cc32)C1. The molecule has 2 atom stereocenters. The zero-order valence-corrected chi connectivity index (χ0v) is 17.8. The molecule has 156 valence electrons. The van der Waals surface area contributed by atoms with Gasteiger partial charge in [0.2, 0.25) is 15.9 Å². The van der Waals surface area contributed by atoms with E-state index in [1.54, 1.807) is 14.0 Å². The number of methoxy groups -OCH3 is 1. The summed E-state index contributed by atoms with van der Waals surface area (Å²) in [6.07, 6.45) is 2.02. The maximum absolute atomic E-state index is 13.0. The van der Waals surface area contributed by atoms with Crippen molar-refractivity contribution in [3.05, 3.63) is 23.8 Å². The number of fused-ring (bicyclic) bond motifs is 1. The summed E-state index contributed by atoms with van der Waals surface area (Å²) in [6.45, 7) is 6.36. The number of nitrogens with one attached hydrogen (secondary N) is 1. The number of amides is 1. The molecule has 7 nitrogen and oxygen atoms in total. The number of nitrogens with zero attached hydrogens (tertiary/aromatic N) is 1. The van der Waals surface area contributed by atoms with Crippen LogP contribution in [0.25, 0.3) is 0 Å². The molecule has 2 heterocycles. The molecule has 0 spiro atoms. The minimum Gasteiger partial charge on any atom is -0.497 e. The third kappa shape index (κ3) is 4.43. The van der Waals surface area contributed by atoms with Crippen LogP contribution in [0.2, 0.25) is 0 Å². The Morgan fingerprint density at radius 3 is 2.82 bits per heavy atom. The second-order valence-electron chi connectivity index (χ2n) is 8.13. The highest BCUT2D eigenvalue weighted by molar-refractivity contribution is 7.89. The van der Waals surface area contributed by atoms with E-state index >= 15 is 0 Å². The van der Waals surface area contributed by atoms with Gasteiger partial charge in [-0.1, -0.05) is 0 Å². The maximum Gasteiger partial charge on any atom is 0.224 e. The molecule has 0 radical (unpaired) electrons. The summed E-state index contributed by atoms with van der Waals surface area (Å²) in [5.41, 5.74) is 0.477. The summed E-state index contributed by atoms with van der Waals surface area (Å²) in [7, 11) is -1.68. The standard InChI is InChI=1S/C20H30N2O5S/c1-5-28(24,25)22-10-6-7-14(13-22)19(23)21-17-12-20(2,3)27-18-9-8-15(26-4)11-16(17)18/h8-9,11,14,17H,5-7,10,12-13H2,1-4H3,(H,21,23). The summed E-state index contributed by atoms with van der Waals surface area (Å²) in [5, 5.41) is 3.15. The normalized spacial score (nSPS) is 24.7. The van der Waals surface area contributed by atoms with Crippen molar-refractivity contribution >= 4 is 15.9 Å². The first-order chi connectivity index (χ1) is 13.1. The van der Waals surface area contributed by atoms with Gasteiger partial charge in [0.05, 0.1) is 24.8 Å². The predicted octanol–water partition coefficient (Wildman–Crippen LogP) is 2.48. The number of hydrogen-bond acceptors (Lipinski definition) is 5. The predicted molar refractivity (Wildman–Crippen MR) is 107 cm³/mol. The van der Waals surface area contributed by atoms with E-state index in [4.69, 9.17) is 9.47 Å². The fraction of sp³-hybridized carbons (Fsp3) is 0.650. The molecule has 1 saturated heterocycles. The van der Waals surface area contributed by atoms with E-state index in [0.717, 1.165) is 11.3 Å². The summed E-state index contributed by atoms with van der Waals surface area (Å²) < 4.78 is 37.2. The van der Waals surface area contributed by atoms with E-state index in [9.17, 15) is 13.2 Å². The molecule has 2 aliphatic rings. The van der Waals surface area contributed by atoms with Crippen LogP contribution in [0.15, 0.2) is 18.2 Å². The smallest absolute Gasteiger partial charge is 0.224 e. The van der Waals surface area contributed by atoms with Crippen LogP contribution < -0.4 is 14.8 Å². The van der Waals surface area contributed by atoms with Crippen LogP contribution in [-0.2, 0) is 14.8 Å². The van der Waals surface area contributed by atoms with Crippen molar-refractivity contribution in [3.63, 3.8) is 0 Å². The molecule has 0 aromatic heterocycles. The van der Waals surface area contributed by atoms with Gasteiger partial charge in [0.15, 0.2) is 0 Å². The van der Waals surface area contributed by atoms with Gasteiger partial charge in [0.25, 0.3) is 0 Å². The van der Waals surface area contributed by atoms with E-state index in [1.165, 1.54) is 4.31 Å². The van der Waals surface area contributed by atoms with Gasteiger partial charge >= 0.3 is 0 Å². The molecule has 0 saturated carbocycles. The van der Waals surface area contributed by atoms with E-state index in [1.807, 2.05) is 32.0 Å². The molecule has 28 heavy (non-hydrogen) atoms. The van der Waals surface area contributed by atoms with Gasteiger partial charge in [-0.25, -0.2) is 12.7 Å². The Labute approximate surface area is 167 Å². The minimum absolute atomic E-state index is 0.0582. The number of benzene rings is 1. The average molecular weight is 411 g/mol. The Hall–Kier alpha value is -1.80. The fourth-order valence-electron chi connectivity index (χ4n) is 3.97. The first-order valence-electron chi connectivity index (χ1n) is 9.80. The number of sulfonamides is 1. The highest BCUT2D eigenvalue weighted by Gasteiger charge is 2.37. The molecule has 1 fully saturated rings. The lowest BCUT2D eigenvalue weighted by atomic mass is 9.88. The molecule has 0 bridgehead atoms. The summed E-state index contributed by atoms with van der Waals surface area (Å²) in [4.78, 5) is 13.0. The van der Waals surface area contributed by atoms with Crippen LogP contribution in [-0.4, -0.2) is 50.2 Å². The van der Waals surface area contributed by atoms with E-state index in [2.05, 4.69) is 5.32 Å². The van der Waals surface area contributed by atoms with Gasteiger partial charge in [0.1, 0.15) is 17.1 Å². The van der Waals surface area contributed by atoms with Crippen LogP contribution in [0.4, 0.5) is 0 Å². The largest absolute Gasteiger partial charge is 0.497 e. The molecule has 8 heteroatoms. The van der Waals surface area contributed by atoms with Crippen molar-refractivity contribution < 1.29 is 22.7 Å². The zero-order chi connectivity index (χ0) is 20.5. The highest BCUT2D eigenvalue weighted by Crippen LogP contribution is 2.41. The van der Waals surface area contributed by atoms with E-state index < -0.39 is 15.6 Å². The van der Waals surface area contributed by atoms with Crippen molar-refractivity contribution in [2.45, 2.75) is 51.7 Å². The highest BCUT2D eigenvalue weighted by atomic mass is 32.2. The topological polar surface area (TPSA) is 84.9 Å². The molecule has 3 rings (SSSR count). The third-order valence-electron chi connectivity index (χ3n) is 5.50. The Balaban J connectivity index is 1.78. The van der Waals surface area contributed by atoms with Crippen molar-refractivity contribution in [1.82, 2.24) is 9.62 Å². The van der Waals surface area contributed by atoms with Crippen LogP contribution in [0.3, 0.4) is 0 Å². The molecule has 1 aromatic carbocycles. The summed E-state index contributed by atoms with van der Waals surface area (Å²) in [5.74, 6) is 1.06. The molecule has 1 N–H and O–H groups in total. The van der Waals surface area contributed by atoms with E-state index in [-0.39, 0.29) is 30.2 Å². The quantitative estimate of drug-likeness (QED) is 0.806. The van der Waals surface area contributed by atoms with Gasteiger partial charge < -0.3 is 14.8 Å². The lowest BCUT2D eigenvalue weighted by Gasteiger charge is -2.39. The Kier molecular flexibility index (Phi) is 5.91. The number of hydrogen-bond donors (Lipinski definition) is 1.